The molecule has 2 rings (SSSR count). The Morgan fingerprint density at radius 2 is 2.10 bits per heavy atom. The van der Waals surface area contributed by atoms with Gasteiger partial charge in [-0.15, -0.1) is 0 Å². The van der Waals surface area contributed by atoms with E-state index in [1.807, 2.05) is 24.0 Å². The van der Waals surface area contributed by atoms with Crippen molar-refractivity contribution in [2.24, 2.45) is 5.73 Å². The number of carbonyl (C=O) groups excluding carboxylic acids is 1. The highest BCUT2D eigenvalue weighted by molar-refractivity contribution is 5.93. The van der Waals surface area contributed by atoms with E-state index in [1.165, 1.54) is 0 Å². The van der Waals surface area contributed by atoms with Crippen molar-refractivity contribution in [2.45, 2.75) is 58.0 Å². The summed E-state index contributed by atoms with van der Waals surface area (Å²) in [6.45, 7) is 4.86. The first-order valence-electron chi connectivity index (χ1n) is 7.61. The van der Waals surface area contributed by atoms with Crippen molar-refractivity contribution >= 4 is 5.91 Å². The van der Waals surface area contributed by atoms with E-state index in [-0.39, 0.29) is 5.91 Å². The fourth-order valence-corrected chi connectivity index (χ4v) is 2.95. The van der Waals surface area contributed by atoms with Gasteiger partial charge >= 0.3 is 0 Å². The largest absolute Gasteiger partial charge is 0.334 e. The molecule has 2 N–H and O–H groups in total. The Kier molecular flexibility index (Phi) is 5.12. The van der Waals surface area contributed by atoms with Gasteiger partial charge in [0.2, 0.25) is 0 Å². The van der Waals surface area contributed by atoms with Gasteiger partial charge in [-0.05, 0) is 50.7 Å². The van der Waals surface area contributed by atoms with E-state index in [1.54, 1.807) is 6.20 Å². The summed E-state index contributed by atoms with van der Waals surface area (Å²) in [5.41, 5.74) is 7.51. The average Bonchev–Trinajstić information content (AvgIpc) is 2.46. The van der Waals surface area contributed by atoms with Gasteiger partial charge in [-0.2, -0.15) is 0 Å². The summed E-state index contributed by atoms with van der Waals surface area (Å²) in [6, 6.07) is 4.45. The second-order valence-corrected chi connectivity index (χ2v) is 5.74. The molecule has 1 amide bonds. The van der Waals surface area contributed by atoms with Gasteiger partial charge < -0.3 is 10.6 Å². The van der Waals surface area contributed by atoms with Crippen molar-refractivity contribution in [3.05, 3.63) is 29.6 Å². The maximum Gasteiger partial charge on any atom is 0.272 e. The summed E-state index contributed by atoms with van der Waals surface area (Å²) in [4.78, 5) is 19.1. The lowest BCUT2D eigenvalue weighted by molar-refractivity contribution is 0.0620. The molecule has 0 unspecified atom stereocenters. The highest BCUT2D eigenvalue weighted by Crippen LogP contribution is 2.24. The van der Waals surface area contributed by atoms with Crippen molar-refractivity contribution in [3.63, 3.8) is 0 Å². The molecule has 1 aromatic rings. The van der Waals surface area contributed by atoms with Gasteiger partial charge in [0.1, 0.15) is 5.69 Å². The number of amides is 1. The summed E-state index contributed by atoms with van der Waals surface area (Å²) in [5.74, 6) is 0.0745. The number of aromatic nitrogens is 1. The predicted octanol–water partition coefficient (Wildman–Crippen LogP) is 2.51. The Morgan fingerprint density at radius 1 is 1.40 bits per heavy atom. The summed E-state index contributed by atoms with van der Waals surface area (Å²) in [6.07, 6.45) is 6.72. The first kappa shape index (κ1) is 15.0. The van der Waals surface area contributed by atoms with E-state index in [0.717, 1.165) is 44.2 Å². The van der Waals surface area contributed by atoms with Gasteiger partial charge in [-0.25, -0.2) is 0 Å². The lowest BCUT2D eigenvalue weighted by Gasteiger charge is -2.36. The number of nitrogens with zero attached hydrogens (tertiary/aromatic N) is 2. The van der Waals surface area contributed by atoms with Crippen LogP contribution in [0, 0.1) is 6.92 Å². The molecule has 0 aromatic carbocycles. The number of aryl methyl sites for hydroxylation is 1. The number of pyridine rings is 1. The molecule has 4 heteroatoms. The maximum atomic E-state index is 12.8. The smallest absolute Gasteiger partial charge is 0.272 e. The quantitative estimate of drug-likeness (QED) is 0.918. The molecule has 1 aliphatic rings. The minimum Gasteiger partial charge on any atom is -0.334 e. The summed E-state index contributed by atoms with van der Waals surface area (Å²) in [7, 11) is 0. The van der Waals surface area contributed by atoms with E-state index in [9.17, 15) is 4.79 Å². The fourth-order valence-electron chi connectivity index (χ4n) is 2.95. The molecule has 1 aromatic heterocycles. The minimum atomic E-state index is 0.0745. The maximum absolute atomic E-state index is 12.8. The zero-order valence-electron chi connectivity index (χ0n) is 12.5. The molecular weight excluding hydrogens is 250 g/mol. The highest BCUT2D eigenvalue weighted by atomic mass is 16.2. The van der Waals surface area contributed by atoms with Crippen LogP contribution in [0.25, 0.3) is 0 Å². The van der Waals surface area contributed by atoms with Crippen molar-refractivity contribution in [3.8, 4) is 0 Å². The lowest BCUT2D eigenvalue weighted by atomic mass is 9.90. The van der Waals surface area contributed by atoms with E-state index >= 15 is 0 Å². The van der Waals surface area contributed by atoms with Gasteiger partial charge in [-0.1, -0.05) is 13.0 Å². The van der Waals surface area contributed by atoms with Crippen LogP contribution in [0.4, 0.5) is 0 Å². The molecule has 0 aliphatic heterocycles. The summed E-state index contributed by atoms with van der Waals surface area (Å²) >= 11 is 0. The first-order valence-corrected chi connectivity index (χ1v) is 7.61. The van der Waals surface area contributed by atoms with Gasteiger partial charge in [0.05, 0.1) is 0 Å². The highest BCUT2D eigenvalue weighted by Gasteiger charge is 2.28. The summed E-state index contributed by atoms with van der Waals surface area (Å²) in [5, 5.41) is 0. The van der Waals surface area contributed by atoms with Gasteiger partial charge in [0.25, 0.3) is 5.91 Å². The first-order chi connectivity index (χ1) is 9.63. The Labute approximate surface area is 121 Å². The van der Waals surface area contributed by atoms with Crippen LogP contribution in [-0.2, 0) is 0 Å². The standard InChI is InChI=1S/C16H25N3O/c1-3-11-19(14-8-6-13(17)7-9-14)16(20)15-12(2)5-4-10-18-15/h4-5,10,13-14H,3,6-9,11,17H2,1-2H3. The molecule has 110 valence electrons. The van der Waals surface area contributed by atoms with E-state index in [4.69, 9.17) is 5.73 Å². The van der Waals surface area contributed by atoms with Crippen molar-refractivity contribution in [2.75, 3.05) is 6.54 Å². The number of rotatable bonds is 4. The fraction of sp³-hybridized carbons (Fsp3) is 0.625. The molecule has 0 saturated heterocycles. The van der Waals surface area contributed by atoms with Crippen molar-refractivity contribution in [1.82, 2.24) is 9.88 Å². The number of nitrogens with two attached hydrogens (primary N) is 1. The second kappa shape index (κ2) is 6.84. The molecule has 0 bridgehead atoms. The third kappa shape index (κ3) is 3.37. The third-order valence-electron chi connectivity index (χ3n) is 4.12. The van der Waals surface area contributed by atoms with Gasteiger partial charge in [0.15, 0.2) is 0 Å². The van der Waals surface area contributed by atoms with Crippen LogP contribution in [0.5, 0.6) is 0 Å². The van der Waals surface area contributed by atoms with Crippen LogP contribution in [0.15, 0.2) is 18.3 Å². The zero-order valence-corrected chi connectivity index (χ0v) is 12.5. The van der Waals surface area contributed by atoms with E-state index in [2.05, 4.69) is 11.9 Å². The molecule has 1 heterocycles. The minimum absolute atomic E-state index is 0.0745. The van der Waals surface area contributed by atoms with Gasteiger partial charge in [-0.3, -0.25) is 9.78 Å². The third-order valence-corrected chi connectivity index (χ3v) is 4.12. The number of carbonyl (C=O) groups is 1. The van der Waals surface area contributed by atoms with Crippen molar-refractivity contribution < 1.29 is 4.79 Å². The van der Waals surface area contributed by atoms with Crippen LogP contribution in [0.3, 0.4) is 0 Å². The molecule has 1 fully saturated rings. The lowest BCUT2D eigenvalue weighted by Crippen LogP contribution is -2.45. The van der Waals surface area contributed by atoms with E-state index < -0.39 is 0 Å². The van der Waals surface area contributed by atoms with E-state index in [0.29, 0.717) is 17.8 Å². The average molecular weight is 275 g/mol. The Balaban J connectivity index is 2.16. The number of hydrogen-bond donors (Lipinski definition) is 1. The van der Waals surface area contributed by atoms with Crippen molar-refractivity contribution in [1.29, 1.82) is 0 Å². The molecule has 20 heavy (non-hydrogen) atoms. The second-order valence-electron chi connectivity index (χ2n) is 5.74. The Hall–Kier alpha value is -1.42. The number of hydrogen-bond acceptors (Lipinski definition) is 3. The van der Waals surface area contributed by atoms with Crippen LogP contribution < -0.4 is 5.73 Å². The summed E-state index contributed by atoms with van der Waals surface area (Å²) < 4.78 is 0. The topological polar surface area (TPSA) is 59.2 Å². The van der Waals surface area contributed by atoms with Gasteiger partial charge in [0, 0.05) is 24.8 Å². The van der Waals surface area contributed by atoms with Crippen LogP contribution in [-0.4, -0.2) is 34.4 Å². The molecule has 0 radical (unpaired) electrons. The molecule has 0 spiro atoms. The Morgan fingerprint density at radius 3 is 2.70 bits per heavy atom. The molecule has 4 nitrogen and oxygen atoms in total. The normalized spacial score (nSPS) is 22.6. The van der Waals surface area contributed by atoms with Crippen LogP contribution >= 0.6 is 0 Å². The van der Waals surface area contributed by atoms with Crippen LogP contribution in [0.2, 0.25) is 0 Å². The monoisotopic (exact) mass is 275 g/mol. The molecule has 0 atom stereocenters. The zero-order chi connectivity index (χ0) is 14.5. The molecule has 1 saturated carbocycles. The Bertz CT molecular complexity index is 453. The predicted molar refractivity (Wildman–Crippen MR) is 80.5 cm³/mol. The molecular formula is C16H25N3O. The molecule has 1 aliphatic carbocycles. The SMILES string of the molecule is CCCN(C(=O)c1ncccc1C)C1CCC(N)CC1. The van der Waals surface area contributed by atoms with Crippen LogP contribution in [0.1, 0.15) is 55.1 Å².